The van der Waals surface area contributed by atoms with E-state index in [0.717, 1.165) is 0 Å². The number of nitrogens with zero attached hydrogens (tertiary/aromatic N) is 3. The molecular weight excluding hydrogens is 278 g/mol. The first-order valence-corrected chi connectivity index (χ1v) is 7.29. The van der Waals surface area contributed by atoms with Crippen molar-refractivity contribution in [3.63, 3.8) is 0 Å². The first-order valence-electron chi connectivity index (χ1n) is 5.47. The van der Waals surface area contributed by atoms with Crippen molar-refractivity contribution >= 4 is 21.6 Å². The maximum Gasteiger partial charge on any atom is 0.250 e. The van der Waals surface area contributed by atoms with E-state index < -0.39 is 15.6 Å². The summed E-state index contributed by atoms with van der Waals surface area (Å²) in [7, 11) is -2.08. The standard InChI is InChI=1S/C10H16ClN3O3S/c1-7-8(9(11)13(4)12-7)18(15,16)14-6-17-5-10(14,2)3/h5-6H2,1-4H3. The predicted octanol–water partition coefficient (Wildman–Crippen LogP) is 1.14. The Morgan fingerprint density at radius 2 is 2.06 bits per heavy atom. The smallest absolute Gasteiger partial charge is 0.250 e. The molecule has 0 aliphatic carbocycles. The van der Waals surface area contributed by atoms with Gasteiger partial charge < -0.3 is 4.74 Å². The molecule has 1 aliphatic rings. The number of halogens is 1. The lowest BCUT2D eigenvalue weighted by molar-refractivity contribution is 0.171. The van der Waals surface area contributed by atoms with E-state index in [0.29, 0.717) is 12.3 Å². The van der Waals surface area contributed by atoms with Crippen LogP contribution >= 0.6 is 11.6 Å². The van der Waals surface area contributed by atoms with Crippen LogP contribution in [-0.2, 0) is 21.8 Å². The van der Waals surface area contributed by atoms with Crippen molar-refractivity contribution in [2.75, 3.05) is 13.3 Å². The highest BCUT2D eigenvalue weighted by atomic mass is 35.5. The lowest BCUT2D eigenvalue weighted by Crippen LogP contribution is -2.44. The number of rotatable bonds is 2. The molecule has 2 rings (SSSR count). The van der Waals surface area contributed by atoms with Crippen molar-refractivity contribution in [1.82, 2.24) is 14.1 Å². The van der Waals surface area contributed by atoms with Crippen LogP contribution in [0.5, 0.6) is 0 Å². The molecule has 0 unspecified atom stereocenters. The normalized spacial score (nSPS) is 20.5. The van der Waals surface area contributed by atoms with E-state index >= 15 is 0 Å². The quantitative estimate of drug-likeness (QED) is 0.820. The molecule has 2 heterocycles. The molecule has 0 amide bonds. The summed E-state index contributed by atoms with van der Waals surface area (Å²) in [4.78, 5) is 0.0604. The van der Waals surface area contributed by atoms with E-state index in [4.69, 9.17) is 16.3 Å². The second-order valence-corrected chi connectivity index (χ2v) is 7.13. The molecule has 0 saturated carbocycles. The van der Waals surface area contributed by atoms with E-state index in [1.807, 2.05) is 13.8 Å². The second-order valence-electron chi connectivity index (χ2n) is 4.97. The zero-order valence-electron chi connectivity index (χ0n) is 10.8. The van der Waals surface area contributed by atoms with E-state index in [9.17, 15) is 8.42 Å². The van der Waals surface area contributed by atoms with Gasteiger partial charge in [0.05, 0.1) is 17.8 Å². The highest BCUT2D eigenvalue weighted by Gasteiger charge is 2.44. The highest BCUT2D eigenvalue weighted by molar-refractivity contribution is 7.89. The van der Waals surface area contributed by atoms with E-state index in [2.05, 4.69) is 5.10 Å². The van der Waals surface area contributed by atoms with Crippen LogP contribution in [0.3, 0.4) is 0 Å². The van der Waals surface area contributed by atoms with Crippen molar-refractivity contribution in [2.24, 2.45) is 7.05 Å². The Bertz CT molecular complexity index is 579. The minimum atomic E-state index is -3.69. The Morgan fingerprint density at radius 1 is 1.44 bits per heavy atom. The van der Waals surface area contributed by atoms with Crippen LogP contribution in [-0.4, -0.2) is 41.4 Å². The number of hydrogen-bond acceptors (Lipinski definition) is 4. The molecule has 102 valence electrons. The van der Waals surface area contributed by atoms with Gasteiger partial charge in [-0.15, -0.1) is 0 Å². The molecule has 0 N–H and O–H groups in total. The van der Waals surface area contributed by atoms with Crippen LogP contribution in [0, 0.1) is 6.92 Å². The molecule has 6 nitrogen and oxygen atoms in total. The predicted molar refractivity (Wildman–Crippen MR) is 66.9 cm³/mol. The number of aromatic nitrogens is 2. The summed E-state index contributed by atoms with van der Waals surface area (Å²) in [5.41, 5.74) is -0.185. The van der Waals surface area contributed by atoms with Crippen LogP contribution in [0.15, 0.2) is 4.90 Å². The topological polar surface area (TPSA) is 64.4 Å². The highest BCUT2D eigenvalue weighted by Crippen LogP contribution is 2.33. The molecule has 0 radical (unpaired) electrons. The summed E-state index contributed by atoms with van der Waals surface area (Å²) >= 11 is 6.02. The average Bonchev–Trinajstić information content (AvgIpc) is 2.68. The summed E-state index contributed by atoms with van der Waals surface area (Å²) in [5.74, 6) is 0. The first kappa shape index (κ1) is 13.8. The molecule has 1 aromatic rings. The molecule has 0 atom stereocenters. The molecule has 18 heavy (non-hydrogen) atoms. The van der Waals surface area contributed by atoms with Gasteiger partial charge in [-0.25, -0.2) is 8.42 Å². The SMILES string of the molecule is Cc1nn(C)c(Cl)c1S(=O)(=O)N1COCC1(C)C. The number of sulfonamides is 1. The summed E-state index contributed by atoms with van der Waals surface area (Å²) in [5, 5.41) is 4.15. The average molecular weight is 294 g/mol. The Kier molecular flexibility index (Phi) is 3.21. The van der Waals surface area contributed by atoms with Gasteiger partial charge >= 0.3 is 0 Å². The third-order valence-corrected chi connectivity index (χ3v) is 5.72. The number of hydrogen-bond donors (Lipinski definition) is 0. The monoisotopic (exact) mass is 293 g/mol. The minimum absolute atomic E-state index is 0.0417. The fourth-order valence-electron chi connectivity index (χ4n) is 2.03. The van der Waals surface area contributed by atoms with Gasteiger partial charge in [0, 0.05) is 7.05 Å². The lowest BCUT2D eigenvalue weighted by Gasteiger charge is -2.27. The van der Waals surface area contributed by atoms with Crippen LogP contribution in [0.1, 0.15) is 19.5 Å². The van der Waals surface area contributed by atoms with Gasteiger partial charge in [-0.1, -0.05) is 11.6 Å². The van der Waals surface area contributed by atoms with Crippen LogP contribution in [0.25, 0.3) is 0 Å². The molecule has 1 aromatic heterocycles. The minimum Gasteiger partial charge on any atom is -0.363 e. The van der Waals surface area contributed by atoms with Crippen molar-refractivity contribution < 1.29 is 13.2 Å². The molecule has 1 fully saturated rings. The van der Waals surface area contributed by atoms with Crippen molar-refractivity contribution in [2.45, 2.75) is 31.2 Å². The molecule has 1 aliphatic heterocycles. The number of ether oxygens (including phenoxy) is 1. The zero-order valence-corrected chi connectivity index (χ0v) is 12.3. The molecule has 0 aromatic carbocycles. The van der Waals surface area contributed by atoms with Gasteiger partial charge in [0.1, 0.15) is 16.8 Å². The Balaban J connectivity index is 2.56. The third-order valence-electron chi connectivity index (χ3n) is 2.99. The largest absolute Gasteiger partial charge is 0.363 e. The van der Waals surface area contributed by atoms with Crippen molar-refractivity contribution in [1.29, 1.82) is 0 Å². The first-order chi connectivity index (χ1) is 8.18. The molecule has 0 spiro atoms. The Morgan fingerprint density at radius 3 is 2.44 bits per heavy atom. The maximum absolute atomic E-state index is 12.6. The molecule has 0 bridgehead atoms. The van der Waals surface area contributed by atoms with Crippen molar-refractivity contribution in [3.8, 4) is 0 Å². The Labute approximate surface area is 112 Å². The number of aryl methyl sites for hydroxylation is 2. The molecular formula is C10H16ClN3O3S. The molecule has 1 saturated heterocycles. The van der Waals surface area contributed by atoms with Gasteiger partial charge in [0.15, 0.2) is 0 Å². The van der Waals surface area contributed by atoms with Gasteiger partial charge in [0.2, 0.25) is 0 Å². The summed E-state index contributed by atoms with van der Waals surface area (Å²) in [6, 6.07) is 0. The Hall–Kier alpha value is -0.630. The van der Waals surface area contributed by atoms with Crippen LogP contribution in [0.2, 0.25) is 5.15 Å². The lowest BCUT2D eigenvalue weighted by atomic mass is 10.1. The van der Waals surface area contributed by atoms with E-state index in [1.54, 1.807) is 14.0 Å². The third kappa shape index (κ3) is 1.95. The van der Waals surface area contributed by atoms with E-state index in [1.165, 1.54) is 8.99 Å². The summed E-state index contributed by atoms with van der Waals surface area (Å²) in [6.07, 6.45) is 0. The van der Waals surface area contributed by atoms with Crippen LogP contribution < -0.4 is 0 Å². The van der Waals surface area contributed by atoms with Crippen molar-refractivity contribution in [3.05, 3.63) is 10.8 Å². The second kappa shape index (κ2) is 4.19. The van der Waals surface area contributed by atoms with Gasteiger partial charge in [-0.3, -0.25) is 4.68 Å². The van der Waals surface area contributed by atoms with Gasteiger partial charge in [-0.2, -0.15) is 9.40 Å². The molecule has 8 heteroatoms. The van der Waals surface area contributed by atoms with E-state index in [-0.39, 0.29) is 16.8 Å². The van der Waals surface area contributed by atoms with Gasteiger partial charge in [0.25, 0.3) is 10.0 Å². The summed E-state index contributed by atoms with van der Waals surface area (Å²) < 4.78 is 33.1. The fourth-order valence-corrected chi connectivity index (χ4v) is 4.40. The van der Waals surface area contributed by atoms with Gasteiger partial charge in [-0.05, 0) is 20.8 Å². The maximum atomic E-state index is 12.6. The van der Waals surface area contributed by atoms with Crippen LogP contribution in [0.4, 0.5) is 0 Å². The zero-order chi connectivity index (χ0) is 13.7. The fraction of sp³-hybridized carbons (Fsp3) is 0.700. The summed E-state index contributed by atoms with van der Waals surface area (Å²) in [6.45, 7) is 5.67.